The lowest BCUT2D eigenvalue weighted by Crippen LogP contribution is -2.28. The quantitative estimate of drug-likeness (QED) is 0.888. The maximum Gasteiger partial charge on any atom is 0.258 e. The lowest BCUT2D eigenvalue weighted by atomic mass is 10.2. The Hall–Kier alpha value is -2.27. The number of hydrogen-bond acceptors (Lipinski definition) is 3. The number of hydrogen-bond donors (Lipinski definition) is 1. The first-order valence-corrected chi connectivity index (χ1v) is 6.94. The number of rotatable bonds is 6. The van der Waals surface area contributed by atoms with Gasteiger partial charge in [-0.25, -0.2) is 4.39 Å². The Morgan fingerprint density at radius 1 is 1.27 bits per heavy atom. The van der Waals surface area contributed by atoms with E-state index in [1.54, 1.807) is 7.11 Å². The van der Waals surface area contributed by atoms with Crippen molar-refractivity contribution < 1.29 is 18.7 Å². The van der Waals surface area contributed by atoms with Crippen LogP contribution in [0.4, 0.5) is 4.39 Å². The van der Waals surface area contributed by atoms with Gasteiger partial charge in [-0.05, 0) is 35.9 Å². The second kappa shape index (κ2) is 7.66. The molecule has 6 heteroatoms. The molecule has 0 aromatic heterocycles. The van der Waals surface area contributed by atoms with E-state index in [0.29, 0.717) is 6.54 Å². The van der Waals surface area contributed by atoms with Gasteiger partial charge in [0.05, 0.1) is 12.1 Å². The largest absolute Gasteiger partial charge is 0.497 e. The molecular formula is C16H15ClFNO3. The predicted molar refractivity (Wildman–Crippen MR) is 81.7 cm³/mol. The summed E-state index contributed by atoms with van der Waals surface area (Å²) in [5.41, 5.74) is 0.910. The van der Waals surface area contributed by atoms with E-state index in [1.165, 1.54) is 12.1 Å². The number of carbonyl (C=O) groups excluding carboxylic acids is 1. The second-order valence-electron chi connectivity index (χ2n) is 4.49. The average molecular weight is 324 g/mol. The lowest BCUT2D eigenvalue weighted by Gasteiger charge is -2.09. The first-order chi connectivity index (χ1) is 10.6. The van der Waals surface area contributed by atoms with Crippen molar-refractivity contribution in [2.75, 3.05) is 13.7 Å². The van der Waals surface area contributed by atoms with Crippen LogP contribution < -0.4 is 14.8 Å². The number of ether oxygens (including phenoxy) is 2. The predicted octanol–water partition coefficient (Wildman–Crippen LogP) is 3.18. The third-order valence-electron chi connectivity index (χ3n) is 2.88. The molecule has 0 saturated carbocycles. The van der Waals surface area contributed by atoms with Gasteiger partial charge >= 0.3 is 0 Å². The van der Waals surface area contributed by atoms with E-state index in [0.717, 1.165) is 17.4 Å². The van der Waals surface area contributed by atoms with Crippen molar-refractivity contribution in [3.05, 3.63) is 58.9 Å². The van der Waals surface area contributed by atoms with Gasteiger partial charge in [0, 0.05) is 6.54 Å². The summed E-state index contributed by atoms with van der Waals surface area (Å²) in [5.74, 6) is 0.226. The normalized spacial score (nSPS) is 10.1. The monoisotopic (exact) mass is 323 g/mol. The van der Waals surface area contributed by atoms with Crippen molar-refractivity contribution in [2.45, 2.75) is 6.54 Å². The number of carbonyl (C=O) groups is 1. The molecule has 0 fully saturated rings. The van der Waals surface area contributed by atoms with Crippen molar-refractivity contribution in [1.29, 1.82) is 0 Å². The molecule has 0 aliphatic rings. The number of nitrogens with one attached hydrogen (secondary N) is 1. The molecule has 2 rings (SSSR count). The Morgan fingerprint density at radius 3 is 2.82 bits per heavy atom. The average Bonchev–Trinajstić information content (AvgIpc) is 2.52. The zero-order valence-electron chi connectivity index (χ0n) is 11.9. The Labute approximate surface area is 132 Å². The Morgan fingerprint density at radius 2 is 2.09 bits per heavy atom. The van der Waals surface area contributed by atoms with E-state index >= 15 is 0 Å². The summed E-state index contributed by atoms with van der Waals surface area (Å²) in [6.07, 6.45) is 0. The summed E-state index contributed by atoms with van der Waals surface area (Å²) in [5, 5.41) is 2.84. The number of methoxy groups -OCH3 is 1. The molecule has 2 aromatic carbocycles. The van der Waals surface area contributed by atoms with E-state index in [1.807, 2.05) is 24.3 Å². The van der Waals surface area contributed by atoms with Crippen LogP contribution in [0.5, 0.6) is 11.5 Å². The molecule has 0 bridgehead atoms. The number of halogens is 2. The lowest BCUT2D eigenvalue weighted by molar-refractivity contribution is -0.123. The second-order valence-corrected chi connectivity index (χ2v) is 4.90. The molecule has 0 spiro atoms. The third-order valence-corrected chi connectivity index (χ3v) is 3.17. The molecule has 0 heterocycles. The molecule has 1 amide bonds. The summed E-state index contributed by atoms with van der Waals surface area (Å²) >= 11 is 5.81. The van der Waals surface area contributed by atoms with E-state index in [2.05, 4.69) is 5.32 Å². The Bertz CT molecular complexity index is 664. The number of amides is 1. The summed E-state index contributed by atoms with van der Waals surface area (Å²) < 4.78 is 23.2. The van der Waals surface area contributed by atoms with Gasteiger partial charge in [0.1, 0.15) is 17.3 Å². The van der Waals surface area contributed by atoms with Gasteiger partial charge in [0.25, 0.3) is 5.91 Å². The summed E-state index contributed by atoms with van der Waals surface area (Å²) in [6.45, 7) is 0.159. The van der Waals surface area contributed by atoms with Crippen LogP contribution in [-0.2, 0) is 11.3 Å². The highest BCUT2D eigenvalue weighted by atomic mass is 35.5. The van der Waals surface area contributed by atoms with Crippen LogP contribution in [0.25, 0.3) is 0 Å². The molecule has 0 atom stereocenters. The first kappa shape index (κ1) is 16.1. The van der Waals surface area contributed by atoms with E-state index in [4.69, 9.17) is 21.1 Å². The summed E-state index contributed by atoms with van der Waals surface area (Å²) in [6, 6.07) is 11.1. The molecule has 4 nitrogen and oxygen atoms in total. The SMILES string of the molecule is COc1cccc(CNC(=O)COc2ccc(F)cc2Cl)c1. The highest BCUT2D eigenvalue weighted by Gasteiger charge is 2.07. The van der Waals surface area contributed by atoms with E-state index in [9.17, 15) is 9.18 Å². The highest BCUT2D eigenvalue weighted by Crippen LogP contribution is 2.24. The molecule has 2 aromatic rings. The van der Waals surface area contributed by atoms with Crippen molar-refractivity contribution in [3.8, 4) is 11.5 Å². The zero-order chi connectivity index (χ0) is 15.9. The van der Waals surface area contributed by atoms with Crippen molar-refractivity contribution >= 4 is 17.5 Å². The van der Waals surface area contributed by atoms with Crippen LogP contribution in [0.3, 0.4) is 0 Å². The maximum absolute atomic E-state index is 12.9. The third kappa shape index (κ3) is 4.63. The van der Waals surface area contributed by atoms with Crippen LogP contribution in [0.2, 0.25) is 5.02 Å². The standard InChI is InChI=1S/C16H15ClFNO3/c1-21-13-4-2-3-11(7-13)9-19-16(20)10-22-15-6-5-12(18)8-14(15)17/h2-8H,9-10H2,1H3,(H,19,20). The summed E-state index contributed by atoms with van der Waals surface area (Å²) in [4.78, 5) is 11.7. The van der Waals surface area contributed by atoms with Crippen LogP contribution in [-0.4, -0.2) is 19.6 Å². The highest BCUT2D eigenvalue weighted by molar-refractivity contribution is 6.32. The van der Waals surface area contributed by atoms with Gasteiger partial charge in [0.2, 0.25) is 0 Å². The summed E-state index contributed by atoms with van der Waals surface area (Å²) in [7, 11) is 1.58. The molecule has 22 heavy (non-hydrogen) atoms. The van der Waals surface area contributed by atoms with Gasteiger partial charge < -0.3 is 14.8 Å². The molecule has 0 aliphatic carbocycles. The minimum absolute atomic E-state index is 0.126. The van der Waals surface area contributed by atoms with Crippen LogP contribution >= 0.6 is 11.6 Å². The molecule has 0 aliphatic heterocycles. The Balaban J connectivity index is 1.82. The fraction of sp³-hybridized carbons (Fsp3) is 0.188. The minimum atomic E-state index is -0.458. The zero-order valence-corrected chi connectivity index (χ0v) is 12.7. The van der Waals surface area contributed by atoms with E-state index < -0.39 is 5.82 Å². The van der Waals surface area contributed by atoms with Gasteiger partial charge in [-0.15, -0.1) is 0 Å². The van der Waals surface area contributed by atoms with Gasteiger partial charge in [-0.1, -0.05) is 23.7 Å². The van der Waals surface area contributed by atoms with Crippen LogP contribution in [0.15, 0.2) is 42.5 Å². The Kier molecular flexibility index (Phi) is 5.61. The van der Waals surface area contributed by atoms with Crippen LogP contribution in [0.1, 0.15) is 5.56 Å². The molecule has 0 radical (unpaired) electrons. The molecule has 116 valence electrons. The van der Waals surface area contributed by atoms with Crippen molar-refractivity contribution in [3.63, 3.8) is 0 Å². The molecule has 1 N–H and O–H groups in total. The first-order valence-electron chi connectivity index (χ1n) is 6.56. The molecule has 0 saturated heterocycles. The van der Waals surface area contributed by atoms with Crippen molar-refractivity contribution in [1.82, 2.24) is 5.32 Å². The van der Waals surface area contributed by atoms with Gasteiger partial charge in [-0.2, -0.15) is 0 Å². The number of benzene rings is 2. The fourth-order valence-corrected chi connectivity index (χ4v) is 1.99. The van der Waals surface area contributed by atoms with E-state index in [-0.39, 0.29) is 23.3 Å². The van der Waals surface area contributed by atoms with Gasteiger partial charge in [0.15, 0.2) is 6.61 Å². The topological polar surface area (TPSA) is 47.6 Å². The smallest absolute Gasteiger partial charge is 0.258 e. The van der Waals surface area contributed by atoms with Crippen molar-refractivity contribution in [2.24, 2.45) is 0 Å². The maximum atomic E-state index is 12.9. The fourth-order valence-electron chi connectivity index (χ4n) is 1.77. The molecule has 0 unspecified atom stereocenters. The van der Waals surface area contributed by atoms with Crippen LogP contribution in [0, 0.1) is 5.82 Å². The minimum Gasteiger partial charge on any atom is -0.497 e. The van der Waals surface area contributed by atoms with Gasteiger partial charge in [-0.3, -0.25) is 4.79 Å². The molecular weight excluding hydrogens is 309 g/mol.